The highest BCUT2D eigenvalue weighted by Gasteiger charge is 2.22. The molecule has 1 saturated heterocycles. The molecule has 0 aromatic heterocycles. The first kappa shape index (κ1) is 10.0. The molecule has 0 aromatic carbocycles. The molecule has 0 bridgehead atoms. The Hall–Kier alpha value is -0.0800. The van der Waals surface area contributed by atoms with Crippen LogP contribution in [0.2, 0.25) is 0 Å². The van der Waals surface area contributed by atoms with Crippen molar-refractivity contribution in [2.24, 2.45) is 0 Å². The van der Waals surface area contributed by atoms with Gasteiger partial charge in [0.15, 0.2) is 0 Å². The summed E-state index contributed by atoms with van der Waals surface area (Å²) in [5, 5.41) is 0. The third-order valence-electron chi connectivity index (χ3n) is 3.21. The first-order valence-corrected chi connectivity index (χ1v) is 5.09. The predicted molar refractivity (Wildman–Crippen MR) is 53.4 cm³/mol. The van der Waals surface area contributed by atoms with Gasteiger partial charge in [-0.05, 0) is 27.3 Å². The number of piperazine rings is 1. The first-order valence-electron chi connectivity index (χ1n) is 5.09. The van der Waals surface area contributed by atoms with Crippen LogP contribution in [0.25, 0.3) is 0 Å². The number of hydrogen-bond acceptors (Lipinski definition) is 2. The lowest BCUT2D eigenvalue weighted by atomic mass is 10.1. The minimum Gasteiger partial charge on any atom is -0.301 e. The fraction of sp³-hybridized carbons (Fsp3) is 1.00. The molecular formula is C10H22N2. The fourth-order valence-electron chi connectivity index (χ4n) is 1.74. The van der Waals surface area contributed by atoms with E-state index in [2.05, 4.69) is 37.6 Å². The van der Waals surface area contributed by atoms with Crippen molar-refractivity contribution in [1.29, 1.82) is 0 Å². The van der Waals surface area contributed by atoms with Gasteiger partial charge in [-0.25, -0.2) is 0 Å². The normalized spacial score (nSPS) is 30.5. The van der Waals surface area contributed by atoms with Crippen molar-refractivity contribution in [3.8, 4) is 0 Å². The Labute approximate surface area is 76.5 Å². The van der Waals surface area contributed by atoms with Crippen LogP contribution in [-0.4, -0.2) is 48.6 Å². The van der Waals surface area contributed by atoms with Gasteiger partial charge in [0.05, 0.1) is 0 Å². The van der Waals surface area contributed by atoms with Crippen molar-refractivity contribution in [2.75, 3.05) is 26.7 Å². The summed E-state index contributed by atoms with van der Waals surface area (Å²) in [5.41, 5.74) is 0. The number of nitrogens with zero attached hydrogens (tertiary/aromatic N) is 2. The van der Waals surface area contributed by atoms with Crippen LogP contribution in [0.5, 0.6) is 0 Å². The zero-order chi connectivity index (χ0) is 9.14. The van der Waals surface area contributed by atoms with E-state index in [4.69, 9.17) is 0 Å². The van der Waals surface area contributed by atoms with E-state index in [-0.39, 0.29) is 0 Å². The zero-order valence-corrected chi connectivity index (χ0v) is 8.88. The molecule has 0 amide bonds. The van der Waals surface area contributed by atoms with Gasteiger partial charge in [0.25, 0.3) is 0 Å². The van der Waals surface area contributed by atoms with Crippen LogP contribution in [0.1, 0.15) is 27.2 Å². The molecule has 0 N–H and O–H groups in total. The number of hydrogen-bond donors (Lipinski definition) is 0. The Balaban J connectivity index is 2.39. The Bertz CT molecular complexity index is 136. The van der Waals surface area contributed by atoms with Crippen molar-refractivity contribution >= 4 is 0 Å². The van der Waals surface area contributed by atoms with Crippen LogP contribution in [0.4, 0.5) is 0 Å². The van der Waals surface area contributed by atoms with E-state index in [0.717, 1.165) is 12.1 Å². The standard InChI is InChI=1S/C10H22N2/c1-5-9(2)12-7-6-11(4)10(3)8-12/h9-10H,5-8H2,1-4H3/t9?,10-/m1/s1. The van der Waals surface area contributed by atoms with Crippen LogP contribution >= 0.6 is 0 Å². The molecule has 1 unspecified atom stereocenters. The lowest BCUT2D eigenvalue weighted by Gasteiger charge is -2.40. The van der Waals surface area contributed by atoms with E-state index in [1.54, 1.807) is 0 Å². The van der Waals surface area contributed by atoms with Crippen molar-refractivity contribution < 1.29 is 0 Å². The van der Waals surface area contributed by atoms with Crippen LogP contribution in [-0.2, 0) is 0 Å². The van der Waals surface area contributed by atoms with E-state index >= 15 is 0 Å². The molecule has 2 atom stereocenters. The second-order valence-corrected chi connectivity index (χ2v) is 4.08. The van der Waals surface area contributed by atoms with Gasteiger partial charge in [-0.1, -0.05) is 6.92 Å². The van der Waals surface area contributed by atoms with Gasteiger partial charge >= 0.3 is 0 Å². The molecule has 1 heterocycles. The van der Waals surface area contributed by atoms with E-state index in [0.29, 0.717) is 0 Å². The molecule has 2 heteroatoms. The maximum Gasteiger partial charge on any atom is 0.0192 e. The Kier molecular flexibility index (Phi) is 3.53. The fourth-order valence-corrected chi connectivity index (χ4v) is 1.74. The molecule has 1 aliphatic rings. The molecular weight excluding hydrogens is 148 g/mol. The quantitative estimate of drug-likeness (QED) is 0.618. The van der Waals surface area contributed by atoms with Crippen LogP contribution in [0.3, 0.4) is 0 Å². The Morgan fingerprint density at radius 3 is 2.58 bits per heavy atom. The number of rotatable bonds is 2. The van der Waals surface area contributed by atoms with Crippen LogP contribution < -0.4 is 0 Å². The summed E-state index contributed by atoms with van der Waals surface area (Å²) in [7, 11) is 2.22. The summed E-state index contributed by atoms with van der Waals surface area (Å²) < 4.78 is 0. The largest absolute Gasteiger partial charge is 0.301 e. The highest BCUT2D eigenvalue weighted by atomic mass is 15.3. The van der Waals surface area contributed by atoms with E-state index in [1.807, 2.05) is 0 Å². The van der Waals surface area contributed by atoms with Crippen molar-refractivity contribution in [3.05, 3.63) is 0 Å². The van der Waals surface area contributed by atoms with E-state index in [9.17, 15) is 0 Å². The van der Waals surface area contributed by atoms with Crippen molar-refractivity contribution in [3.63, 3.8) is 0 Å². The molecule has 0 saturated carbocycles. The van der Waals surface area contributed by atoms with Crippen LogP contribution in [0, 0.1) is 0 Å². The summed E-state index contributed by atoms with van der Waals surface area (Å²) in [6, 6.07) is 1.49. The second kappa shape index (κ2) is 4.24. The SMILES string of the molecule is CCC(C)N1CCN(C)[C@H](C)C1. The number of likely N-dealkylation sites (N-methyl/N-ethyl adjacent to an activating group) is 1. The highest BCUT2D eigenvalue weighted by molar-refractivity contribution is 4.79. The smallest absolute Gasteiger partial charge is 0.0192 e. The molecule has 0 aliphatic carbocycles. The lowest BCUT2D eigenvalue weighted by Crippen LogP contribution is -2.52. The molecule has 0 spiro atoms. The third-order valence-corrected chi connectivity index (χ3v) is 3.21. The van der Waals surface area contributed by atoms with Gasteiger partial charge in [0, 0.05) is 31.7 Å². The summed E-state index contributed by atoms with van der Waals surface area (Å²) in [4.78, 5) is 5.05. The summed E-state index contributed by atoms with van der Waals surface area (Å²) in [5.74, 6) is 0. The minimum absolute atomic E-state index is 0.729. The van der Waals surface area contributed by atoms with Crippen LogP contribution in [0.15, 0.2) is 0 Å². The topological polar surface area (TPSA) is 6.48 Å². The molecule has 72 valence electrons. The Morgan fingerprint density at radius 2 is 2.08 bits per heavy atom. The molecule has 1 rings (SSSR count). The van der Waals surface area contributed by atoms with Gasteiger partial charge in [0.2, 0.25) is 0 Å². The summed E-state index contributed by atoms with van der Waals surface area (Å²) in [6.45, 7) is 10.6. The monoisotopic (exact) mass is 170 g/mol. The molecule has 0 radical (unpaired) electrons. The zero-order valence-electron chi connectivity index (χ0n) is 8.88. The summed E-state index contributed by atoms with van der Waals surface area (Å²) in [6.07, 6.45) is 1.27. The lowest BCUT2D eigenvalue weighted by molar-refractivity contribution is 0.0763. The van der Waals surface area contributed by atoms with Gasteiger partial charge in [-0.2, -0.15) is 0 Å². The van der Waals surface area contributed by atoms with Gasteiger partial charge in [-0.3, -0.25) is 4.90 Å². The molecule has 1 aliphatic heterocycles. The van der Waals surface area contributed by atoms with Crippen molar-refractivity contribution in [2.45, 2.75) is 39.3 Å². The molecule has 2 nitrogen and oxygen atoms in total. The first-order chi connectivity index (χ1) is 5.65. The van der Waals surface area contributed by atoms with Gasteiger partial charge in [-0.15, -0.1) is 0 Å². The van der Waals surface area contributed by atoms with Gasteiger partial charge in [0.1, 0.15) is 0 Å². The van der Waals surface area contributed by atoms with Crippen molar-refractivity contribution in [1.82, 2.24) is 9.80 Å². The maximum absolute atomic E-state index is 2.60. The Morgan fingerprint density at radius 1 is 1.42 bits per heavy atom. The van der Waals surface area contributed by atoms with E-state index < -0.39 is 0 Å². The molecule has 0 aromatic rings. The maximum atomic E-state index is 2.60. The third kappa shape index (κ3) is 2.20. The highest BCUT2D eigenvalue weighted by Crippen LogP contribution is 2.11. The summed E-state index contributed by atoms with van der Waals surface area (Å²) >= 11 is 0. The average molecular weight is 170 g/mol. The second-order valence-electron chi connectivity index (χ2n) is 4.08. The van der Waals surface area contributed by atoms with E-state index in [1.165, 1.54) is 26.1 Å². The van der Waals surface area contributed by atoms with Gasteiger partial charge < -0.3 is 4.90 Å². The minimum atomic E-state index is 0.729. The predicted octanol–water partition coefficient (Wildman–Crippen LogP) is 1.42. The molecule has 12 heavy (non-hydrogen) atoms. The molecule has 1 fully saturated rings. The average Bonchev–Trinajstić information content (AvgIpc) is 2.08.